The lowest BCUT2D eigenvalue weighted by molar-refractivity contribution is 0.0192. The molecule has 0 aliphatic carbocycles. The number of nitrogens with one attached hydrogen (secondary N) is 2. The molecule has 264 valence electrons. The van der Waals surface area contributed by atoms with Gasteiger partial charge in [0, 0.05) is 43.4 Å². The van der Waals surface area contributed by atoms with Gasteiger partial charge in [0.2, 0.25) is 0 Å². The number of benzene rings is 3. The number of hydroxylamine groups is 1. The SMILES string of the molecule is COCCN(C)Cc1c(-c2ccc(NC(=O)NOC)cc2)sc2c1c(=O)n(-c1ccc(C(C)(C)OC)cc1)c(=O)n2Cc1c(F)cccc1F. The predicted octanol–water partition coefficient (Wildman–Crippen LogP) is 5.85. The summed E-state index contributed by atoms with van der Waals surface area (Å²) < 4.78 is 43.3. The highest BCUT2D eigenvalue weighted by Gasteiger charge is 2.26. The first-order chi connectivity index (χ1) is 23.9. The molecule has 0 atom stereocenters. The summed E-state index contributed by atoms with van der Waals surface area (Å²) in [4.78, 5) is 48.5. The molecule has 0 spiro atoms. The second-order valence-electron chi connectivity index (χ2n) is 12.1. The van der Waals surface area contributed by atoms with Crippen molar-refractivity contribution in [2.45, 2.75) is 32.5 Å². The van der Waals surface area contributed by atoms with Crippen LogP contribution in [0.25, 0.3) is 26.3 Å². The molecule has 5 rings (SSSR count). The molecule has 14 heteroatoms. The Bertz CT molecular complexity index is 2090. The van der Waals surface area contributed by atoms with Crippen molar-refractivity contribution in [3.05, 3.63) is 116 Å². The van der Waals surface area contributed by atoms with Crippen LogP contribution in [0.2, 0.25) is 0 Å². The molecule has 0 bridgehead atoms. The van der Waals surface area contributed by atoms with Gasteiger partial charge in [-0.3, -0.25) is 19.1 Å². The van der Waals surface area contributed by atoms with Gasteiger partial charge in [0.25, 0.3) is 5.56 Å². The summed E-state index contributed by atoms with van der Waals surface area (Å²) in [6.07, 6.45) is 0. The molecule has 0 saturated heterocycles. The number of anilines is 1. The van der Waals surface area contributed by atoms with E-state index in [-0.39, 0.29) is 28.0 Å². The van der Waals surface area contributed by atoms with E-state index in [4.69, 9.17) is 9.47 Å². The average molecular weight is 708 g/mol. The molecular weight excluding hydrogens is 668 g/mol. The maximum atomic E-state index is 15.1. The summed E-state index contributed by atoms with van der Waals surface area (Å²) in [5, 5.41) is 2.90. The van der Waals surface area contributed by atoms with E-state index in [1.165, 1.54) is 29.1 Å². The quantitative estimate of drug-likeness (QED) is 0.148. The zero-order valence-electron chi connectivity index (χ0n) is 28.6. The van der Waals surface area contributed by atoms with Gasteiger partial charge in [-0.05, 0) is 74.0 Å². The number of urea groups is 1. The number of halogens is 2. The van der Waals surface area contributed by atoms with E-state index in [9.17, 15) is 14.4 Å². The van der Waals surface area contributed by atoms with E-state index in [1.54, 1.807) is 62.8 Å². The first-order valence-electron chi connectivity index (χ1n) is 15.7. The number of carbonyl (C=O) groups is 1. The fraction of sp³-hybridized carbons (Fsp3) is 0.306. The van der Waals surface area contributed by atoms with Crippen molar-refractivity contribution in [3.63, 3.8) is 0 Å². The van der Waals surface area contributed by atoms with Gasteiger partial charge in [-0.15, -0.1) is 11.3 Å². The predicted molar refractivity (Wildman–Crippen MR) is 190 cm³/mol. The highest BCUT2D eigenvalue weighted by Crippen LogP contribution is 2.38. The molecule has 2 N–H and O–H groups in total. The van der Waals surface area contributed by atoms with Crippen LogP contribution < -0.4 is 22.0 Å². The second-order valence-corrected chi connectivity index (χ2v) is 13.1. The normalized spacial score (nSPS) is 11.8. The summed E-state index contributed by atoms with van der Waals surface area (Å²) in [6.45, 7) is 4.59. The standard InChI is InChI=1S/C36H39F2N5O6S/c1-36(2,48-5)23-12-16-25(17-13-23)43-32(44)30-27(20-41(3)18-19-47-4)31(22-10-14-24(15-11-22)39-34(45)40-49-6)50-33(30)42(35(43)46)21-26-28(37)8-7-9-29(26)38/h7-17H,18-21H2,1-6H3,(H2,39,40,45). The Morgan fingerprint density at radius 2 is 1.60 bits per heavy atom. The van der Waals surface area contributed by atoms with E-state index in [0.29, 0.717) is 34.8 Å². The summed E-state index contributed by atoms with van der Waals surface area (Å²) >= 11 is 1.18. The van der Waals surface area contributed by atoms with Crippen LogP contribution in [0, 0.1) is 11.6 Å². The Balaban J connectivity index is 1.79. The lowest BCUT2D eigenvalue weighted by atomic mass is 9.98. The Hall–Kier alpha value is -4.73. The van der Waals surface area contributed by atoms with Gasteiger partial charge in [-0.2, -0.15) is 0 Å². The van der Waals surface area contributed by atoms with Crippen molar-refractivity contribution < 1.29 is 27.9 Å². The minimum atomic E-state index is -0.814. The van der Waals surface area contributed by atoms with Crippen LogP contribution in [0.5, 0.6) is 0 Å². The third kappa shape index (κ3) is 7.54. The molecule has 2 heterocycles. The highest BCUT2D eigenvalue weighted by atomic mass is 32.1. The number of methoxy groups -OCH3 is 2. The van der Waals surface area contributed by atoms with Crippen LogP contribution in [0.1, 0.15) is 30.5 Å². The molecule has 5 aromatic rings. The molecule has 2 aromatic heterocycles. The molecule has 2 amide bonds. The minimum absolute atomic E-state index is 0.244. The largest absolute Gasteiger partial charge is 0.383 e. The number of amides is 2. The van der Waals surface area contributed by atoms with Gasteiger partial charge >= 0.3 is 11.7 Å². The fourth-order valence-corrected chi connectivity index (χ4v) is 6.84. The molecule has 0 aliphatic heterocycles. The van der Waals surface area contributed by atoms with Gasteiger partial charge in [0.15, 0.2) is 0 Å². The first kappa shape index (κ1) is 36.5. The Labute approximate surface area is 291 Å². The molecule has 0 aliphatic rings. The maximum absolute atomic E-state index is 15.1. The number of rotatable bonds is 13. The lowest BCUT2D eigenvalue weighted by Gasteiger charge is -2.23. The van der Waals surface area contributed by atoms with Crippen LogP contribution in [0.15, 0.2) is 76.3 Å². The molecule has 0 saturated carbocycles. The zero-order chi connectivity index (χ0) is 36.2. The Morgan fingerprint density at radius 1 is 0.940 bits per heavy atom. The number of nitrogens with zero attached hydrogens (tertiary/aromatic N) is 3. The lowest BCUT2D eigenvalue weighted by Crippen LogP contribution is -2.39. The molecule has 11 nitrogen and oxygen atoms in total. The molecule has 3 aromatic carbocycles. The second kappa shape index (κ2) is 15.4. The topological polar surface area (TPSA) is 116 Å². The number of fused-ring (bicyclic) bond motifs is 1. The number of hydrogen-bond acceptors (Lipinski definition) is 8. The summed E-state index contributed by atoms with van der Waals surface area (Å²) in [5.41, 5.74) is 2.86. The van der Waals surface area contributed by atoms with E-state index in [0.717, 1.165) is 22.3 Å². The number of ether oxygens (including phenoxy) is 2. The van der Waals surface area contributed by atoms with Crippen molar-refractivity contribution >= 4 is 33.3 Å². The summed E-state index contributed by atoms with van der Waals surface area (Å²) in [6, 6.07) is 16.7. The van der Waals surface area contributed by atoms with Crippen LogP contribution >= 0.6 is 11.3 Å². The highest BCUT2D eigenvalue weighted by molar-refractivity contribution is 7.22. The van der Waals surface area contributed by atoms with E-state index < -0.39 is 41.1 Å². The van der Waals surface area contributed by atoms with Crippen LogP contribution in [-0.2, 0) is 33.0 Å². The summed E-state index contributed by atoms with van der Waals surface area (Å²) in [7, 11) is 6.39. The maximum Gasteiger partial charge on any atom is 0.343 e. The summed E-state index contributed by atoms with van der Waals surface area (Å²) in [5.74, 6) is -1.63. The van der Waals surface area contributed by atoms with Crippen LogP contribution in [-0.4, -0.2) is 61.6 Å². The monoisotopic (exact) mass is 707 g/mol. The van der Waals surface area contributed by atoms with Gasteiger partial charge in [0.1, 0.15) is 16.5 Å². The van der Waals surface area contributed by atoms with Crippen molar-refractivity contribution in [1.82, 2.24) is 19.5 Å². The molecular formula is C36H39F2N5O6S. The molecule has 0 radical (unpaired) electrons. The van der Waals surface area contributed by atoms with Gasteiger partial charge in [0.05, 0.1) is 36.9 Å². The Kier molecular flexibility index (Phi) is 11.3. The van der Waals surface area contributed by atoms with E-state index in [2.05, 4.69) is 15.6 Å². The number of carbonyl (C=O) groups excluding carboxylic acids is 1. The smallest absolute Gasteiger partial charge is 0.343 e. The third-order valence-electron chi connectivity index (χ3n) is 8.49. The van der Waals surface area contributed by atoms with Crippen molar-refractivity contribution in [3.8, 4) is 16.1 Å². The fourth-order valence-electron chi connectivity index (χ4n) is 5.54. The van der Waals surface area contributed by atoms with Crippen LogP contribution in [0.3, 0.4) is 0 Å². The minimum Gasteiger partial charge on any atom is -0.383 e. The average Bonchev–Trinajstić information content (AvgIpc) is 3.46. The number of thiophene rings is 1. The molecule has 0 fully saturated rings. The van der Waals surface area contributed by atoms with Crippen molar-refractivity contribution in [1.29, 1.82) is 0 Å². The zero-order valence-corrected chi connectivity index (χ0v) is 29.5. The molecule has 50 heavy (non-hydrogen) atoms. The van der Waals surface area contributed by atoms with Crippen molar-refractivity contribution in [2.75, 3.05) is 46.8 Å². The van der Waals surface area contributed by atoms with E-state index >= 15 is 8.78 Å². The van der Waals surface area contributed by atoms with Gasteiger partial charge in [-0.1, -0.05) is 30.3 Å². The van der Waals surface area contributed by atoms with Crippen molar-refractivity contribution in [2.24, 2.45) is 0 Å². The number of aromatic nitrogens is 2. The molecule has 0 unspecified atom stereocenters. The Morgan fingerprint density at radius 3 is 2.20 bits per heavy atom. The first-order valence-corrected chi connectivity index (χ1v) is 16.5. The van der Waals surface area contributed by atoms with Crippen LogP contribution in [0.4, 0.5) is 19.3 Å². The number of likely N-dealkylation sites (N-methyl/N-ethyl adjacent to an activating group) is 1. The van der Waals surface area contributed by atoms with E-state index in [1.807, 2.05) is 25.8 Å². The number of hydrogen-bond donors (Lipinski definition) is 2. The third-order valence-corrected chi connectivity index (χ3v) is 9.79. The van der Waals surface area contributed by atoms with Gasteiger partial charge in [-0.25, -0.2) is 28.4 Å². The van der Waals surface area contributed by atoms with Gasteiger partial charge < -0.3 is 14.8 Å².